The van der Waals surface area contributed by atoms with Crippen molar-refractivity contribution in [1.29, 1.82) is 0 Å². The molecule has 0 aromatic heterocycles. The number of hydrogen-bond donors (Lipinski definition) is 4. The van der Waals surface area contributed by atoms with E-state index in [1.165, 1.54) is 12.1 Å². The van der Waals surface area contributed by atoms with Crippen LogP contribution >= 0.6 is 0 Å². The number of benzene rings is 2. The molecule has 0 aliphatic carbocycles. The SMILES string of the molecule is CCNC(=NCc1ccc(O)c(F)c1)NCCc1cccc(C(=O)NC)c1. The summed E-state index contributed by atoms with van der Waals surface area (Å²) in [6, 6.07) is 11.7. The molecule has 0 aliphatic heterocycles. The summed E-state index contributed by atoms with van der Waals surface area (Å²) in [5.41, 5.74) is 2.34. The van der Waals surface area contributed by atoms with Gasteiger partial charge >= 0.3 is 0 Å². The molecule has 2 aromatic carbocycles. The highest BCUT2D eigenvalue weighted by Gasteiger charge is 2.05. The summed E-state index contributed by atoms with van der Waals surface area (Å²) in [5.74, 6) is -0.516. The number of rotatable bonds is 7. The maximum atomic E-state index is 13.4. The van der Waals surface area contributed by atoms with Crippen molar-refractivity contribution in [2.45, 2.75) is 19.9 Å². The molecule has 6 nitrogen and oxygen atoms in total. The molecule has 0 fully saturated rings. The summed E-state index contributed by atoms with van der Waals surface area (Å²) >= 11 is 0. The lowest BCUT2D eigenvalue weighted by molar-refractivity contribution is 0.0963. The van der Waals surface area contributed by atoms with Gasteiger partial charge in [-0.15, -0.1) is 0 Å². The van der Waals surface area contributed by atoms with Crippen LogP contribution in [0.3, 0.4) is 0 Å². The minimum Gasteiger partial charge on any atom is -0.505 e. The Bertz CT molecular complexity index is 808. The average Bonchev–Trinajstić information content (AvgIpc) is 2.68. The molecule has 0 saturated heterocycles. The first-order valence-electron chi connectivity index (χ1n) is 8.84. The van der Waals surface area contributed by atoms with Crippen LogP contribution in [0.25, 0.3) is 0 Å². The van der Waals surface area contributed by atoms with Crippen molar-refractivity contribution in [1.82, 2.24) is 16.0 Å². The van der Waals surface area contributed by atoms with Gasteiger partial charge in [0.25, 0.3) is 5.91 Å². The van der Waals surface area contributed by atoms with Gasteiger partial charge in [0.05, 0.1) is 6.54 Å². The first-order valence-corrected chi connectivity index (χ1v) is 8.84. The van der Waals surface area contributed by atoms with E-state index in [4.69, 9.17) is 0 Å². The second kappa shape index (κ2) is 10.2. The first-order chi connectivity index (χ1) is 13.0. The molecule has 0 radical (unpaired) electrons. The molecule has 0 spiro atoms. The van der Waals surface area contributed by atoms with Crippen molar-refractivity contribution >= 4 is 11.9 Å². The fraction of sp³-hybridized carbons (Fsp3) is 0.300. The van der Waals surface area contributed by atoms with Crippen molar-refractivity contribution < 1.29 is 14.3 Å². The van der Waals surface area contributed by atoms with Gasteiger partial charge in [0, 0.05) is 25.7 Å². The van der Waals surface area contributed by atoms with Crippen LogP contribution < -0.4 is 16.0 Å². The van der Waals surface area contributed by atoms with Gasteiger partial charge in [-0.1, -0.05) is 18.2 Å². The van der Waals surface area contributed by atoms with Gasteiger partial charge in [-0.05, 0) is 48.7 Å². The molecule has 0 saturated carbocycles. The Balaban J connectivity index is 1.94. The van der Waals surface area contributed by atoms with Crippen molar-refractivity contribution in [3.05, 3.63) is 65.0 Å². The zero-order chi connectivity index (χ0) is 19.6. The largest absolute Gasteiger partial charge is 0.505 e. The van der Waals surface area contributed by atoms with E-state index in [2.05, 4.69) is 20.9 Å². The summed E-state index contributed by atoms with van der Waals surface area (Å²) in [6.07, 6.45) is 0.725. The Hall–Kier alpha value is -3.09. The Morgan fingerprint density at radius 2 is 1.96 bits per heavy atom. The third kappa shape index (κ3) is 6.29. The van der Waals surface area contributed by atoms with E-state index in [9.17, 15) is 14.3 Å². The number of halogens is 1. The Labute approximate surface area is 158 Å². The lowest BCUT2D eigenvalue weighted by atomic mass is 10.1. The Morgan fingerprint density at radius 1 is 1.15 bits per heavy atom. The van der Waals surface area contributed by atoms with E-state index in [1.807, 2.05) is 25.1 Å². The number of amides is 1. The normalized spacial score (nSPS) is 11.1. The van der Waals surface area contributed by atoms with E-state index < -0.39 is 5.82 Å². The lowest BCUT2D eigenvalue weighted by Gasteiger charge is -2.12. The average molecular weight is 372 g/mol. The van der Waals surface area contributed by atoms with Gasteiger partial charge in [-0.25, -0.2) is 9.38 Å². The van der Waals surface area contributed by atoms with Gasteiger partial charge in [-0.2, -0.15) is 0 Å². The summed E-state index contributed by atoms with van der Waals surface area (Å²) in [7, 11) is 1.61. The second-order valence-corrected chi connectivity index (χ2v) is 5.94. The summed E-state index contributed by atoms with van der Waals surface area (Å²) in [5, 5.41) is 18.2. The number of phenolic OH excluding ortho intramolecular Hbond substituents is 1. The van der Waals surface area contributed by atoms with Crippen LogP contribution in [0.1, 0.15) is 28.4 Å². The number of aliphatic imine (C=N–C) groups is 1. The molecule has 2 rings (SSSR count). The quantitative estimate of drug-likeness (QED) is 0.443. The van der Waals surface area contributed by atoms with Crippen LogP contribution in [0.5, 0.6) is 5.75 Å². The smallest absolute Gasteiger partial charge is 0.251 e. The highest BCUT2D eigenvalue weighted by atomic mass is 19.1. The monoisotopic (exact) mass is 372 g/mol. The van der Waals surface area contributed by atoms with E-state index in [0.717, 1.165) is 12.0 Å². The van der Waals surface area contributed by atoms with Crippen LogP contribution in [0.4, 0.5) is 4.39 Å². The van der Waals surface area contributed by atoms with Crippen LogP contribution in [0.2, 0.25) is 0 Å². The van der Waals surface area contributed by atoms with E-state index >= 15 is 0 Å². The molecular formula is C20H25FN4O2. The van der Waals surface area contributed by atoms with Crippen LogP contribution in [0, 0.1) is 5.82 Å². The van der Waals surface area contributed by atoms with Crippen molar-refractivity contribution in [2.24, 2.45) is 4.99 Å². The highest BCUT2D eigenvalue weighted by molar-refractivity contribution is 5.94. The fourth-order valence-electron chi connectivity index (χ4n) is 2.50. The fourth-order valence-corrected chi connectivity index (χ4v) is 2.50. The van der Waals surface area contributed by atoms with Crippen LogP contribution in [-0.2, 0) is 13.0 Å². The molecular weight excluding hydrogens is 347 g/mol. The molecule has 144 valence electrons. The molecule has 0 atom stereocenters. The molecule has 0 unspecified atom stereocenters. The van der Waals surface area contributed by atoms with E-state index in [0.29, 0.717) is 36.7 Å². The molecule has 4 N–H and O–H groups in total. The topological polar surface area (TPSA) is 85.8 Å². The minimum atomic E-state index is -0.656. The molecule has 1 amide bonds. The maximum Gasteiger partial charge on any atom is 0.251 e. The number of aromatic hydroxyl groups is 1. The second-order valence-electron chi connectivity index (χ2n) is 5.94. The lowest BCUT2D eigenvalue weighted by Crippen LogP contribution is -2.38. The summed E-state index contributed by atoms with van der Waals surface area (Å²) < 4.78 is 13.4. The van der Waals surface area contributed by atoms with Crippen molar-refractivity contribution in [2.75, 3.05) is 20.1 Å². The molecule has 27 heavy (non-hydrogen) atoms. The van der Waals surface area contributed by atoms with Crippen molar-refractivity contribution in [3.8, 4) is 5.75 Å². The number of nitrogens with zero attached hydrogens (tertiary/aromatic N) is 1. The predicted octanol–water partition coefficient (Wildman–Crippen LogP) is 2.19. The Kier molecular flexibility index (Phi) is 7.61. The molecule has 0 bridgehead atoms. The van der Waals surface area contributed by atoms with Crippen molar-refractivity contribution in [3.63, 3.8) is 0 Å². The Morgan fingerprint density at radius 3 is 2.67 bits per heavy atom. The predicted molar refractivity (Wildman–Crippen MR) is 104 cm³/mol. The zero-order valence-corrected chi connectivity index (χ0v) is 15.6. The summed E-state index contributed by atoms with van der Waals surface area (Å²) in [6.45, 7) is 3.58. The third-order valence-electron chi connectivity index (χ3n) is 3.90. The number of nitrogens with one attached hydrogen (secondary N) is 3. The molecule has 0 aliphatic rings. The maximum absolute atomic E-state index is 13.4. The van der Waals surface area contributed by atoms with Gasteiger partial charge in [0.15, 0.2) is 17.5 Å². The van der Waals surface area contributed by atoms with Gasteiger partial charge in [0.1, 0.15) is 0 Å². The summed E-state index contributed by atoms with van der Waals surface area (Å²) in [4.78, 5) is 16.1. The van der Waals surface area contributed by atoms with Gasteiger partial charge in [-0.3, -0.25) is 4.79 Å². The van der Waals surface area contributed by atoms with Gasteiger partial charge < -0.3 is 21.1 Å². The highest BCUT2D eigenvalue weighted by Crippen LogP contribution is 2.16. The van der Waals surface area contributed by atoms with E-state index in [1.54, 1.807) is 19.2 Å². The van der Waals surface area contributed by atoms with Crippen LogP contribution in [0.15, 0.2) is 47.5 Å². The first kappa shape index (κ1) is 20.2. The number of hydrogen-bond acceptors (Lipinski definition) is 3. The number of carbonyl (C=O) groups is 1. The number of phenols is 1. The van der Waals surface area contributed by atoms with Crippen LogP contribution in [-0.4, -0.2) is 37.1 Å². The molecule has 0 heterocycles. The minimum absolute atomic E-state index is 0.110. The number of guanidine groups is 1. The number of carbonyl (C=O) groups excluding carboxylic acids is 1. The molecule has 2 aromatic rings. The standard InChI is InChI=1S/C20H25FN4O2/c1-3-23-20(25-13-15-7-8-18(26)17(21)12-15)24-10-9-14-5-4-6-16(11-14)19(27)22-2/h4-8,11-12,26H,3,9-10,13H2,1-2H3,(H,22,27)(H2,23,24,25). The zero-order valence-electron chi connectivity index (χ0n) is 15.6. The van der Waals surface area contributed by atoms with E-state index in [-0.39, 0.29) is 11.7 Å². The molecule has 7 heteroatoms. The third-order valence-corrected chi connectivity index (χ3v) is 3.90. The van der Waals surface area contributed by atoms with Gasteiger partial charge in [0.2, 0.25) is 0 Å².